The van der Waals surface area contributed by atoms with E-state index < -0.39 is 5.92 Å². The predicted molar refractivity (Wildman–Crippen MR) is 59.8 cm³/mol. The van der Waals surface area contributed by atoms with Gasteiger partial charge in [0.05, 0.1) is 5.92 Å². The van der Waals surface area contributed by atoms with Gasteiger partial charge in [-0.1, -0.05) is 15.9 Å². The molecule has 1 aliphatic rings. The average Bonchev–Trinajstić information content (AvgIpc) is 2.29. The molecule has 0 aromatic carbocycles. The van der Waals surface area contributed by atoms with Crippen LogP contribution in [0.3, 0.4) is 0 Å². The molecule has 1 fully saturated rings. The summed E-state index contributed by atoms with van der Waals surface area (Å²) in [4.78, 5) is 30.8. The van der Waals surface area contributed by atoms with Crippen molar-refractivity contribution in [3.63, 3.8) is 0 Å². The van der Waals surface area contributed by atoms with Gasteiger partial charge in [0.2, 0.25) is 11.8 Å². The second-order valence-electron chi connectivity index (χ2n) is 3.59. The summed E-state index contributed by atoms with van der Waals surface area (Å²) >= 11 is 3.29. The molecule has 1 aliphatic heterocycles. The van der Waals surface area contributed by atoms with Crippen LogP contribution in [-0.4, -0.2) is 21.8 Å². The second kappa shape index (κ2) is 4.69. The maximum Gasteiger partial charge on any atom is 0.237 e. The van der Waals surface area contributed by atoms with E-state index in [1.54, 1.807) is 12.4 Å². The summed E-state index contributed by atoms with van der Waals surface area (Å²) in [6.07, 6.45) is 4.19. The van der Waals surface area contributed by atoms with Crippen LogP contribution in [0.15, 0.2) is 12.4 Å². The van der Waals surface area contributed by atoms with Crippen LogP contribution in [0, 0.1) is 0 Å². The Balaban J connectivity index is 2.17. The van der Waals surface area contributed by atoms with Crippen molar-refractivity contribution < 1.29 is 9.59 Å². The lowest BCUT2D eigenvalue weighted by Crippen LogP contribution is -2.40. The highest BCUT2D eigenvalue weighted by Crippen LogP contribution is 2.21. The number of amides is 2. The van der Waals surface area contributed by atoms with E-state index in [1.165, 1.54) is 0 Å². The molecular formula is C10H10BrN3O2. The standard InChI is InChI=1S/C10H10BrN3O2/c11-3-6-4-12-9(13-5-6)7-1-2-8(15)14-10(7)16/h4-5,7H,1-3H2,(H,14,15,16). The zero-order valence-corrected chi connectivity index (χ0v) is 10.0. The van der Waals surface area contributed by atoms with Crippen molar-refractivity contribution in [1.82, 2.24) is 15.3 Å². The Kier molecular flexibility index (Phi) is 3.28. The van der Waals surface area contributed by atoms with Crippen LogP contribution in [-0.2, 0) is 14.9 Å². The average molecular weight is 284 g/mol. The van der Waals surface area contributed by atoms with Crippen molar-refractivity contribution in [2.24, 2.45) is 0 Å². The molecule has 2 heterocycles. The van der Waals surface area contributed by atoms with Gasteiger partial charge in [0.25, 0.3) is 0 Å². The van der Waals surface area contributed by atoms with Crippen LogP contribution < -0.4 is 5.32 Å². The first-order valence-electron chi connectivity index (χ1n) is 4.91. The molecule has 0 bridgehead atoms. The Hall–Kier alpha value is -1.30. The van der Waals surface area contributed by atoms with E-state index in [9.17, 15) is 9.59 Å². The lowest BCUT2D eigenvalue weighted by atomic mass is 9.97. The fraction of sp³-hybridized carbons (Fsp3) is 0.400. The maximum absolute atomic E-state index is 11.5. The van der Waals surface area contributed by atoms with Crippen molar-refractivity contribution in [2.45, 2.75) is 24.1 Å². The number of carbonyl (C=O) groups excluding carboxylic acids is 2. The van der Waals surface area contributed by atoms with Gasteiger partial charge in [0, 0.05) is 24.1 Å². The number of carbonyl (C=O) groups is 2. The van der Waals surface area contributed by atoms with Gasteiger partial charge in [-0.2, -0.15) is 0 Å². The van der Waals surface area contributed by atoms with Crippen molar-refractivity contribution >= 4 is 27.7 Å². The third kappa shape index (κ3) is 2.27. The molecule has 0 spiro atoms. The molecule has 0 radical (unpaired) electrons. The number of hydrogen-bond donors (Lipinski definition) is 1. The zero-order chi connectivity index (χ0) is 11.5. The first-order chi connectivity index (χ1) is 7.70. The van der Waals surface area contributed by atoms with Gasteiger partial charge in [-0.25, -0.2) is 9.97 Å². The number of alkyl halides is 1. The number of aromatic nitrogens is 2. The summed E-state index contributed by atoms with van der Waals surface area (Å²) in [5.41, 5.74) is 0.955. The molecule has 1 unspecified atom stereocenters. The molecule has 0 saturated carbocycles. The zero-order valence-electron chi connectivity index (χ0n) is 8.44. The van der Waals surface area contributed by atoms with Crippen LogP contribution in [0.25, 0.3) is 0 Å². The van der Waals surface area contributed by atoms with Gasteiger partial charge >= 0.3 is 0 Å². The lowest BCUT2D eigenvalue weighted by molar-refractivity contribution is -0.134. The summed E-state index contributed by atoms with van der Waals surface area (Å²) in [6, 6.07) is 0. The predicted octanol–water partition coefficient (Wildman–Crippen LogP) is 0.892. The molecule has 1 aromatic rings. The van der Waals surface area contributed by atoms with Gasteiger partial charge < -0.3 is 0 Å². The van der Waals surface area contributed by atoms with E-state index >= 15 is 0 Å². The van der Waals surface area contributed by atoms with Gasteiger partial charge in [-0.15, -0.1) is 0 Å². The Morgan fingerprint density at radius 1 is 1.38 bits per heavy atom. The number of rotatable bonds is 2. The molecule has 84 valence electrons. The summed E-state index contributed by atoms with van der Waals surface area (Å²) in [6.45, 7) is 0. The first kappa shape index (κ1) is 11.2. The van der Waals surface area contributed by atoms with Crippen LogP contribution in [0.2, 0.25) is 0 Å². The van der Waals surface area contributed by atoms with Gasteiger partial charge in [-0.05, 0) is 12.0 Å². The van der Waals surface area contributed by atoms with Gasteiger partial charge in [0.15, 0.2) is 0 Å². The fourth-order valence-electron chi connectivity index (χ4n) is 1.55. The molecule has 1 N–H and O–H groups in total. The highest BCUT2D eigenvalue weighted by atomic mass is 79.9. The minimum Gasteiger partial charge on any atom is -0.296 e. The third-order valence-corrected chi connectivity index (χ3v) is 3.08. The molecule has 5 nitrogen and oxygen atoms in total. The molecular weight excluding hydrogens is 274 g/mol. The quantitative estimate of drug-likeness (QED) is 0.646. The number of nitrogens with one attached hydrogen (secondary N) is 1. The van der Waals surface area contributed by atoms with E-state index in [0.717, 1.165) is 5.56 Å². The number of imide groups is 1. The summed E-state index contributed by atoms with van der Waals surface area (Å²) in [5, 5.41) is 2.97. The van der Waals surface area contributed by atoms with E-state index in [4.69, 9.17) is 0 Å². The molecule has 1 aromatic heterocycles. The van der Waals surface area contributed by atoms with E-state index in [1.807, 2.05) is 0 Å². The van der Waals surface area contributed by atoms with E-state index in [-0.39, 0.29) is 11.8 Å². The smallest absolute Gasteiger partial charge is 0.237 e. The maximum atomic E-state index is 11.5. The molecule has 6 heteroatoms. The summed E-state index contributed by atoms with van der Waals surface area (Å²) in [7, 11) is 0. The normalized spacial score (nSPS) is 20.7. The second-order valence-corrected chi connectivity index (χ2v) is 4.15. The molecule has 16 heavy (non-hydrogen) atoms. The van der Waals surface area contributed by atoms with Crippen molar-refractivity contribution in [3.05, 3.63) is 23.8 Å². The number of piperidine rings is 1. The van der Waals surface area contributed by atoms with Crippen molar-refractivity contribution in [2.75, 3.05) is 0 Å². The Morgan fingerprint density at radius 2 is 2.06 bits per heavy atom. The number of nitrogens with zero attached hydrogens (tertiary/aromatic N) is 2. The summed E-state index contributed by atoms with van der Waals surface area (Å²) in [5.74, 6) is -0.446. The number of halogens is 1. The SMILES string of the molecule is O=C1CCC(c2ncc(CBr)cn2)C(=O)N1. The summed E-state index contributed by atoms with van der Waals surface area (Å²) < 4.78 is 0. The molecule has 1 atom stereocenters. The minimum atomic E-state index is -0.401. The van der Waals surface area contributed by atoms with Gasteiger partial charge in [0.1, 0.15) is 5.82 Å². The Bertz CT molecular complexity index is 419. The Labute approximate surface area is 101 Å². The van der Waals surface area contributed by atoms with Crippen molar-refractivity contribution in [1.29, 1.82) is 0 Å². The monoisotopic (exact) mass is 283 g/mol. The van der Waals surface area contributed by atoms with Crippen molar-refractivity contribution in [3.8, 4) is 0 Å². The molecule has 2 amide bonds. The van der Waals surface area contributed by atoms with E-state index in [0.29, 0.717) is 24.0 Å². The largest absolute Gasteiger partial charge is 0.296 e. The van der Waals surface area contributed by atoms with Gasteiger partial charge in [-0.3, -0.25) is 14.9 Å². The van der Waals surface area contributed by atoms with Crippen LogP contribution in [0.5, 0.6) is 0 Å². The Morgan fingerprint density at radius 3 is 2.62 bits per heavy atom. The lowest BCUT2D eigenvalue weighted by Gasteiger charge is -2.19. The van der Waals surface area contributed by atoms with Crippen LogP contribution >= 0.6 is 15.9 Å². The number of hydrogen-bond acceptors (Lipinski definition) is 4. The minimum absolute atomic E-state index is 0.224. The topological polar surface area (TPSA) is 72.0 Å². The van der Waals surface area contributed by atoms with E-state index in [2.05, 4.69) is 31.2 Å². The molecule has 1 saturated heterocycles. The highest BCUT2D eigenvalue weighted by molar-refractivity contribution is 9.08. The van der Waals surface area contributed by atoms with Crippen LogP contribution in [0.4, 0.5) is 0 Å². The van der Waals surface area contributed by atoms with Crippen LogP contribution in [0.1, 0.15) is 30.1 Å². The highest BCUT2D eigenvalue weighted by Gasteiger charge is 2.29. The molecule has 2 rings (SSSR count). The first-order valence-corrected chi connectivity index (χ1v) is 6.03. The molecule has 0 aliphatic carbocycles. The fourth-order valence-corrected chi connectivity index (χ4v) is 1.84. The third-order valence-electron chi connectivity index (χ3n) is 2.43.